The third-order valence-corrected chi connectivity index (χ3v) is 2.33. The van der Waals surface area contributed by atoms with Crippen LogP contribution in [0.2, 0.25) is 0 Å². The number of guanidine groups is 1. The van der Waals surface area contributed by atoms with E-state index in [0.29, 0.717) is 18.5 Å². The summed E-state index contributed by atoms with van der Waals surface area (Å²) < 4.78 is 1.93. The van der Waals surface area contributed by atoms with Crippen molar-refractivity contribution in [2.24, 2.45) is 17.8 Å². The Hall–Kier alpha value is -1.52. The van der Waals surface area contributed by atoms with Crippen molar-refractivity contribution in [3.05, 3.63) is 18.2 Å². The number of aryl methyl sites for hydroxylation is 1. The fourth-order valence-corrected chi connectivity index (χ4v) is 1.10. The highest BCUT2D eigenvalue weighted by Crippen LogP contribution is 1.97. The van der Waals surface area contributed by atoms with Gasteiger partial charge in [-0.1, -0.05) is 6.92 Å². The first-order valence-corrected chi connectivity index (χ1v) is 5.15. The van der Waals surface area contributed by atoms with Gasteiger partial charge in [0, 0.05) is 13.1 Å². The van der Waals surface area contributed by atoms with Crippen molar-refractivity contribution >= 4 is 5.96 Å². The minimum atomic E-state index is 0.361. The number of nitrogens with two attached hydrogens (primary N) is 1. The Balaban J connectivity index is 2.47. The molecule has 0 aromatic carbocycles. The summed E-state index contributed by atoms with van der Waals surface area (Å²) in [6, 6.07) is 0.361. The average Bonchev–Trinajstić information content (AvgIpc) is 2.61. The zero-order valence-electron chi connectivity index (χ0n) is 9.57. The van der Waals surface area contributed by atoms with Gasteiger partial charge in [-0.2, -0.15) is 0 Å². The number of nitrogens with zero attached hydrogens (tertiary/aromatic N) is 3. The zero-order valence-corrected chi connectivity index (χ0v) is 9.57. The number of hydrogen-bond acceptors (Lipinski definition) is 2. The van der Waals surface area contributed by atoms with Crippen LogP contribution in [0.25, 0.3) is 0 Å². The summed E-state index contributed by atoms with van der Waals surface area (Å²) in [6.45, 7) is 4.74. The summed E-state index contributed by atoms with van der Waals surface area (Å²) in [5.74, 6) is 0.491. The van der Waals surface area contributed by atoms with Crippen molar-refractivity contribution in [1.82, 2.24) is 14.9 Å². The molecule has 0 aliphatic carbocycles. The Bertz CT molecular complexity index is 328. The molecule has 5 nitrogen and oxygen atoms in total. The van der Waals surface area contributed by atoms with Gasteiger partial charge >= 0.3 is 0 Å². The van der Waals surface area contributed by atoms with Crippen LogP contribution in [-0.2, 0) is 13.6 Å². The fourth-order valence-electron chi connectivity index (χ4n) is 1.10. The minimum Gasteiger partial charge on any atom is -0.370 e. The average molecular weight is 209 g/mol. The first-order chi connectivity index (χ1) is 7.13. The molecule has 0 aliphatic heterocycles. The van der Waals surface area contributed by atoms with Gasteiger partial charge in [-0.25, -0.2) is 9.98 Å². The molecule has 1 heterocycles. The Kier molecular flexibility index (Phi) is 4.15. The second-order valence-electron chi connectivity index (χ2n) is 3.65. The van der Waals surface area contributed by atoms with Crippen LogP contribution in [0.5, 0.6) is 0 Å². The summed E-state index contributed by atoms with van der Waals surface area (Å²) in [7, 11) is 1.94. The molecule has 5 heteroatoms. The van der Waals surface area contributed by atoms with Gasteiger partial charge in [0.25, 0.3) is 0 Å². The third kappa shape index (κ3) is 3.61. The smallest absolute Gasteiger partial charge is 0.189 e. The van der Waals surface area contributed by atoms with Crippen LogP contribution >= 0.6 is 0 Å². The highest BCUT2D eigenvalue weighted by Gasteiger charge is 2.00. The summed E-state index contributed by atoms with van der Waals surface area (Å²) in [6.07, 6.45) is 4.57. The second kappa shape index (κ2) is 5.38. The lowest BCUT2D eigenvalue weighted by molar-refractivity contribution is 0.636. The number of aliphatic imine (C=N–C) groups is 1. The van der Waals surface area contributed by atoms with Gasteiger partial charge in [0.15, 0.2) is 5.96 Å². The van der Waals surface area contributed by atoms with Crippen molar-refractivity contribution in [1.29, 1.82) is 0 Å². The van der Waals surface area contributed by atoms with Crippen molar-refractivity contribution < 1.29 is 0 Å². The SMILES string of the molecule is CCC(C)NC(N)=NCc1cncn1C. The number of hydrogen-bond donors (Lipinski definition) is 2. The van der Waals surface area contributed by atoms with Crippen LogP contribution < -0.4 is 11.1 Å². The van der Waals surface area contributed by atoms with Gasteiger partial charge in [0.05, 0.1) is 24.8 Å². The molecule has 0 aliphatic rings. The van der Waals surface area contributed by atoms with E-state index in [1.165, 1.54) is 0 Å². The van der Waals surface area contributed by atoms with Crippen molar-refractivity contribution in [2.45, 2.75) is 32.9 Å². The maximum absolute atomic E-state index is 5.73. The van der Waals surface area contributed by atoms with Crippen LogP contribution in [0.15, 0.2) is 17.5 Å². The van der Waals surface area contributed by atoms with Crippen LogP contribution in [-0.4, -0.2) is 21.6 Å². The van der Waals surface area contributed by atoms with E-state index >= 15 is 0 Å². The normalized spacial score (nSPS) is 13.9. The van der Waals surface area contributed by atoms with Gasteiger partial charge in [0.1, 0.15) is 0 Å². The van der Waals surface area contributed by atoms with Crippen LogP contribution in [0.3, 0.4) is 0 Å². The van der Waals surface area contributed by atoms with E-state index in [1.807, 2.05) is 11.6 Å². The van der Waals surface area contributed by atoms with Gasteiger partial charge in [0.2, 0.25) is 0 Å². The molecule has 1 rings (SSSR count). The van der Waals surface area contributed by atoms with Crippen molar-refractivity contribution in [3.8, 4) is 0 Å². The first kappa shape index (κ1) is 11.6. The Labute approximate surface area is 90.4 Å². The predicted octanol–water partition coefficient (Wildman–Crippen LogP) is 0.623. The molecule has 0 bridgehead atoms. The topological polar surface area (TPSA) is 68.2 Å². The molecular weight excluding hydrogens is 190 g/mol. The molecule has 84 valence electrons. The number of aromatic nitrogens is 2. The summed E-state index contributed by atoms with van der Waals surface area (Å²) in [4.78, 5) is 8.25. The van der Waals surface area contributed by atoms with E-state index in [0.717, 1.165) is 12.1 Å². The molecular formula is C10H19N5. The summed E-state index contributed by atoms with van der Waals surface area (Å²) in [5, 5.41) is 3.11. The monoisotopic (exact) mass is 209 g/mol. The lowest BCUT2D eigenvalue weighted by Crippen LogP contribution is -2.38. The quantitative estimate of drug-likeness (QED) is 0.564. The molecule has 15 heavy (non-hydrogen) atoms. The van der Waals surface area contributed by atoms with Gasteiger partial charge < -0.3 is 15.6 Å². The third-order valence-electron chi connectivity index (χ3n) is 2.33. The van der Waals surface area contributed by atoms with Crippen LogP contribution in [0.1, 0.15) is 26.0 Å². The minimum absolute atomic E-state index is 0.361. The maximum atomic E-state index is 5.73. The predicted molar refractivity (Wildman–Crippen MR) is 61.4 cm³/mol. The molecule has 0 fully saturated rings. The zero-order chi connectivity index (χ0) is 11.3. The van der Waals surface area contributed by atoms with E-state index in [-0.39, 0.29) is 0 Å². The van der Waals surface area contributed by atoms with Crippen molar-refractivity contribution in [3.63, 3.8) is 0 Å². The summed E-state index contributed by atoms with van der Waals surface area (Å²) in [5.41, 5.74) is 6.77. The Morgan fingerprint density at radius 3 is 3.00 bits per heavy atom. The van der Waals surface area contributed by atoms with Crippen molar-refractivity contribution in [2.75, 3.05) is 0 Å². The molecule has 1 aromatic heterocycles. The highest BCUT2D eigenvalue weighted by molar-refractivity contribution is 5.78. The Morgan fingerprint density at radius 2 is 2.47 bits per heavy atom. The number of imidazole rings is 1. The number of nitrogens with one attached hydrogen (secondary N) is 1. The standard InChI is InChI=1S/C10H19N5/c1-4-8(2)14-10(11)13-6-9-5-12-7-15(9)3/h5,7-8H,4,6H2,1-3H3,(H3,11,13,14). The van der Waals surface area contributed by atoms with E-state index in [4.69, 9.17) is 5.73 Å². The molecule has 1 unspecified atom stereocenters. The van der Waals surface area contributed by atoms with Crippen LogP contribution in [0, 0.1) is 0 Å². The second-order valence-corrected chi connectivity index (χ2v) is 3.65. The fraction of sp³-hybridized carbons (Fsp3) is 0.600. The number of rotatable bonds is 4. The van der Waals surface area contributed by atoms with E-state index in [2.05, 4.69) is 29.1 Å². The van der Waals surface area contributed by atoms with E-state index in [9.17, 15) is 0 Å². The molecule has 1 aromatic rings. The lowest BCUT2D eigenvalue weighted by atomic mass is 10.3. The van der Waals surface area contributed by atoms with E-state index < -0.39 is 0 Å². The molecule has 1 atom stereocenters. The largest absolute Gasteiger partial charge is 0.370 e. The molecule has 0 radical (unpaired) electrons. The van der Waals surface area contributed by atoms with E-state index in [1.54, 1.807) is 12.5 Å². The molecule has 3 N–H and O–H groups in total. The molecule has 0 saturated carbocycles. The van der Waals surface area contributed by atoms with Gasteiger partial charge in [-0.05, 0) is 13.3 Å². The van der Waals surface area contributed by atoms with Gasteiger partial charge in [-0.3, -0.25) is 0 Å². The first-order valence-electron chi connectivity index (χ1n) is 5.15. The Morgan fingerprint density at radius 1 is 1.73 bits per heavy atom. The van der Waals surface area contributed by atoms with Gasteiger partial charge in [-0.15, -0.1) is 0 Å². The highest BCUT2D eigenvalue weighted by atomic mass is 15.1. The summed E-state index contributed by atoms with van der Waals surface area (Å²) >= 11 is 0. The molecule has 0 spiro atoms. The molecule has 0 amide bonds. The lowest BCUT2D eigenvalue weighted by Gasteiger charge is -2.11. The van der Waals surface area contributed by atoms with Crippen LogP contribution in [0.4, 0.5) is 0 Å². The molecule has 0 saturated heterocycles. The maximum Gasteiger partial charge on any atom is 0.189 e.